The molecular formula is C24H21Cl2FN6O2. The van der Waals surface area contributed by atoms with Gasteiger partial charge in [0.15, 0.2) is 11.5 Å². The van der Waals surface area contributed by atoms with Crippen molar-refractivity contribution in [2.45, 2.75) is 0 Å². The number of nitrogen functional groups attached to an aromatic ring is 1. The number of fused-ring (bicyclic) bond motifs is 1. The Labute approximate surface area is 210 Å². The van der Waals surface area contributed by atoms with Gasteiger partial charge >= 0.3 is 0 Å². The zero-order valence-electron chi connectivity index (χ0n) is 18.7. The molecule has 5 rings (SSSR count). The summed E-state index contributed by atoms with van der Waals surface area (Å²) >= 11 is 12.8. The van der Waals surface area contributed by atoms with Crippen LogP contribution in [0.3, 0.4) is 0 Å². The smallest absolute Gasteiger partial charge is 0.293 e. The molecule has 3 N–H and O–H groups in total. The minimum Gasteiger partial charge on any atom is -0.412 e. The van der Waals surface area contributed by atoms with Crippen LogP contribution >= 0.6 is 23.2 Å². The molecule has 35 heavy (non-hydrogen) atoms. The van der Waals surface area contributed by atoms with E-state index in [2.05, 4.69) is 20.2 Å². The normalized spacial score (nSPS) is 13.9. The number of pyridine rings is 1. The highest BCUT2D eigenvalue weighted by Crippen LogP contribution is 2.33. The Kier molecular flexibility index (Phi) is 6.22. The van der Waals surface area contributed by atoms with Gasteiger partial charge in [0.05, 0.1) is 26.7 Å². The van der Waals surface area contributed by atoms with Gasteiger partial charge in [0.2, 0.25) is 0 Å². The maximum absolute atomic E-state index is 14.6. The van der Waals surface area contributed by atoms with Crippen LogP contribution in [0.4, 0.5) is 15.9 Å². The molecule has 1 aliphatic rings. The average Bonchev–Trinajstić information content (AvgIpc) is 2.85. The van der Waals surface area contributed by atoms with Crippen LogP contribution in [0.2, 0.25) is 10.0 Å². The van der Waals surface area contributed by atoms with Crippen LogP contribution in [0.5, 0.6) is 0 Å². The lowest BCUT2D eigenvalue weighted by Gasteiger charge is -2.30. The number of halogens is 3. The Balaban J connectivity index is 1.65. The van der Waals surface area contributed by atoms with E-state index in [-0.39, 0.29) is 33.4 Å². The van der Waals surface area contributed by atoms with E-state index in [1.807, 2.05) is 12.1 Å². The Hall–Kier alpha value is -3.40. The fraction of sp³-hybridized carbons (Fsp3) is 0.208. The minimum absolute atomic E-state index is 0.0195. The van der Waals surface area contributed by atoms with Crippen molar-refractivity contribution in [1.29, 1.82) is 0 Å². The maximum atomic E-state index is 14.6. The van der Waals surface area contributed by atoms with Gasteiger partial charge in [-0.1, -0.05) is 29.3 Å². The van der Waals surface area contributed by atoms with E-state index < -0.39 is 11.4 Å². The molecule has 11 heteroatoms. The number of benzene rings is 2. The Morgan fingerprint density at radius 1 is 1.09 bits per heavy atom. The van der Waals surface area contributed by atoms with Gasteiger partial charge in [-0.15, -0.1) is 4.73 Å². The number of piperazine rings is 1. The molecule has 0 amide bonds. The standard InChI is InChI=1S/C24H21Cl2FN6O2/c1-35-33-23-15(12-14(24(33)34)20-16(25)3-2-4-18(20)27)21(28)30-22(31-23)13-5-6-19(17(26)11-13)32-9-7-29-8-10-32/h2-6,11-12,29H,7-10H2,1H3,(H2,28,30,31). The highest BCUT2D eigenvalue weighted by Gasteiger charge is 2.21. The summed E-state index contributed by atoms with van der Waals surface area (Å²) in [4.78, 5) is 29.7. The van der Waals surface area contributed by atoms with Crippen LogP contribution in [0.25, 0.3) is 33.5 Å². The lowest BCUT2D eigenvalue weighted by Crippen LogP contribution is -2.43. The second-order valence-corrected chi connectivity index (χ2v) is 8.82. The number of rotatable bonds is 4. The number of hydrogen-bond donors (Lipinski definition) is 2. The molecule has 2 aromatic heterocycles. The lowest BCUT2D eigenvalue weighted by atomic mass is 10.1. The van der Waals surface area contributed by atoms with Crippen molar-refractivity contribution in [2.75, 3.05) is 43.9 Å². The minimum atomic E-state index is -0.646. The van der Waals surface area contributed by atoms with Crippen LogP contribution in [0.15, 0.2) is 47.3 Å². The Morgan fingerprint density at radius 2 is 1.86 bits per heavy atom. The highest BCUT2D eigenvalue weighted by molar-refractivity contribution is 6.33. The van der Waals surface area contributed by atoms with Crippen LogP contribution in [0.1, 0.15) is 0 Å². The van der Waals surface area contributed by atoms with Crippen molar-refractivity contribution in [3.05, 3.63) is 68.7 Å². The number of hydrogen-bond acceptors (Lipinski definition) is 7. The third-order valence-corrected chi connectivity index (χ3v) is 6.55. The van der Waals surface area contributed by atoms with E-state index in [0.717, 1.165) is 36.6 Å². The molecule has 0 bridgehead atoms. The molecule has 4 aromatic rings. The summed E-state index contributed by atoms with van der Waals surface area (Å²) < 4.78 is 15.5. The summed E-state index contributed by atoms with van der Waals surface area (Å²) in [5.41, 5.74) is 7.26. The van der Waals surface area contributed by atoms with E-state index in [9.17, 15) is 9.18 Å². The van der Waals surface area contributed by atoms with Gasteiger partial charge in [-0.3, -0.25) is 4.79 Å². The van der Waals surface area contributed by atoms with Gasteiger partial charge < -0.3 is 20.8 Å². The molecule has 0 unspecified atom stereocenters. The monoisotopic (exact) mass is 514 g/mol. The topological polar surface area (TPSA) is 98.3 Å². The first kappa shape index (κ1) is 23.3. The first-order valence-electron chi connectivity index (χ1n) is 10.9. The van der Waals surface area contributed by atoms with Gasteiger partial charge in [-0.2, -0.15) is 0 Å². The Bertz CT molecular complexity index is 1480. The number of nitrogens with zero attached hydrogens (tertiary/aromatic N) is 4. The van der Waals surface area contributed by atoms with Crippen molar-refractivity contribution in [3.63, 3.8) is 0 Å². The molecule has 0 aliphatic carbocycles. The molecule has 1 fully saturated rings. The molecule has 2 aromatic carbocycles. The van der Waals surface area contributed by atoms with E-state index in [1.165, 1.54) is 31.4 Å². The van der Waals surface area contributed by atoms with Gasteiger partial charge in [-0.05, 0) is 36.4 Å². The maximum Gasteiger partial charge on any atom is 0.293 e. The molecule has 0 radical (unpaired) electrons. The van der Waals surface area contributed by atoms with Gasteiger partial charge in [0.1, 0.15) is 18.7 Å². The molecule has 0 spiro atoms. The number of anilines is 2. The van der Waals surface area contributed by atoms with Crippen molar-refractivity contribution in [2.24, 2.45) is 0 Å². The van der Waals surface area contributed by atoms with Crippen molar-refractivity contribution in [1.82, 2.24) is 20.0 Å². The first-order chi connectivity index (χ1) is 16.9. The molecule has 1 saturated heterocycles. The summed E-state index contributed by atoms with van der Waals surface area (Å²) in [5.74, 6) is -0.288. The molecule has 0 atom stereocenters. The van der Waals surface area contributed by atoms with Crippen molar-refractivity contribution >= 4 is 45.7 Å². The fourth-order valence-corrected chi connectivity index (χ4v) is 4.79. The molecule has 8 nitrogen and oxygen atoms in total. The molecule has 0 saturated carbocycles. The molecule has 1 aliphatic heterocycles. The zero-order chi connectivity index (χ0) is 24.7. The molecule has 180 valence electrons. The Morgan fingerprint density at radius 3 is 2.54 bits per heavy atom. The van der Waals surface area contributed by atoms with Crippen molar-refractivity contribution in [3.8, 4) is 22.5 Å². The number of nitrogens with one attached hydrogen (secondary N) is 1. The van der Waals surface area contributed by atoms with E-state index in [1.54, 1.807) is 6.07 Å². The summed E-state index contributed by atoms with van der Waals surface area (Å²) in [5, 5.41) is 4.27. The highest BCUT2D eigenvalue weighted by atomic mass is 35.5. The number of nitrogens with two attached hydrogens (primary N) is 1. The summed E-state index contributed by atoms with van der Waals surface area (Å²) in [6.07, 6.45) is 0. The SMILES string of the molecule is COn1c(=O)c(-c2c(F)cccc2Cl)cc2c(N)nc(-c3ccc(N4CCNCC4)c(Cl)c3)nc21. The quantitative estimate of drug-likeness (QED) is 0.429. The first-order valence-corrected chi connectivity index (χ1v) is 11.6. The summed E-state index contributed by atoms with van der Waals surface area (Å²) in [6.45, 7) is 3.48. The van der Waals surface area contributed by atoms with Gasteiger partial charge in [0, 0.05) is 37.3 Å². The van der Waals surface area contributed by atoms with Crippen LogP contribution < -0.4 is 26.3 Å². The summed E-state index contributed by atoms with van der Waals surface area (Å²) in [7, 11) is 1.31. The largest absolute Gasteiger partial charge is 0.412 e. The number of aromatic nitrogens is 3. The molecule has 3 heterocycles. The van der Waals surface area contributed by atoms with E-state index in [0.29, 0.717) is 16.0 Å². The zero-order valence-corrected chi connectivity index (χ0v) is 20.2. The predicted octanol–water partition coefficient (Wildman–Crippen LogP) is 3.62. The van der Waals surface area contributed by atoms with Crippen LogP contribution in [0, 0.1) is 5.82 Å². The average molecular weight is 515 g/mol. The third kappa shape index (κ3) is 4.16. The predicted molar refractivity (Wildman–Crippen MR) is 137 cm³/mol. The molecular weight excluding hydrogens is 494 g/mol. The second-order valence-electron chi connectivity index (χ2n) is 8.01. The van der Waals surface area contributed by atoms with Gasteiger partial charge in [-0.25, -0.2) is 14.4 Å². The van der Waals surface area contributed by atoms with Crippen LogP contribution in [-0.4, -0.2) is 48.0 Å². The lowest BCUT2D eigenvalue weighted by molar-refractivity contribution is 0.168. The van der Waals surface area contributed by atoms with E-state index >= 15 is 0 Å². The van der Waals surface area contributed by atoms with E-state index in [4.69, 9.17) is 33.8 Å². The summed E-state index contributed by atoms with van der Waals surface area (Å²) in [6, 6.07) is 11.1. The third-order valence-electron chi connectivity index (χ3n) is 5.93. The van der Waals surface area contributed by atoms with Crippen molar-refractivity contribution < 1.29 is 9.23 Å². The fourth-order valence-electron chi connectivity index (χ4n) is 4.22. The second kappa shape index (κ2) is 9.33. The van der Waals surface area contributed by atoms with Crippen LogP contribution in [-0.2, 0) is 0 Å². The van der Waals surface area contributed by atoms with Gasteiger partial charge in [0.25, 0.3) is 5.56 Å².